The molecule has 0 aliphatic heterocycles. The minimum Gasteiger partial charge on any atom is -0.295 e. The maximum atomic E-state index is 11.9. The monoisotopic (exact) mass is 302 g/mol. The van der Waals surface area contributed by atoms with Crippen molar-refractivity contribution in [2.24, 2.45) is 17.8 Å². The van der Waals surface area contributed by atoms with Gasteiger partial charge in [0.05, 0.1) is 6.20 Å². The van der Waals surface area contributed by atoms with Crippen LogP contribution in [0.2, 0.25) is 0 Å². The molecule has 2 heterocycles. The molecule has 22 heavy (non-hydrogen) atoms. The summed E-state index contributed by atoms with van der Waals surface area (Å²) in [6, 6.07) is 0. The highest BCUT2D eigenvalue weighted by Gasteiger charge is 2.24. The van der Waals surface area contributed by atoms with Crippen LogP contribution in [-0.2, 0) is 6.54 Å². The summed E-state index contributed by atoms with van der Waals surface area (Å²) in [5, 5.41) is 3.85. The molecule has 1 fully saturated rings. The van der Waals surface area contributed by atoms with E-state index >= 15 is 0 Å². The first-order chi connectivity index (χ1) is 10.6. The molecular weight excluding hydrogens is 280 g/mol. The Balaban J connectivity index is 1.73. The Morgan fingerprint density at radius 2 is 2.00 bits per heavy atom. The van der Waals surface area contributed by atoms with Crippen LogP contribution in [0.4, 0.5) is 0 Å². The van der Waals surface area contributed by atoms with Crippen molar-refractivity contribution in [3.8, 4) is 11.5 Å². The van der Waals surface area contributed by atoms with E-state index in [0.717, 1.165) is 18.3 Å². The van der Waals surface area contributed by atoms with Crippen LogP contribution in [0.25, 0.3) is 11.5 Å². The van der Waals surface area contributed by atoms with Gasteiger partial charge in [0.2, 0.25) is 5.82 Å². The SMILES string of the molecule is C[C@@H]1CC(CCn2c(-c3cnccn3)noc2=O)C[C@@H](C)C1. The lowest BCUT2D eigenvalue weighted by Crippen LogP contribution is -2.23. The van der Waals surface area contributed by atoms with Gasteiger partial charge in [0.15, 0.2) is 0 Å². The molecule has 0 N–H and O–H groups in total. The Hall–Kier alpha value is -1.98. The molecule has 1 aliphatic rings. The highest BCUT2D eigenvalue weighted by atomic mass is 16.5. The fourth-order valence-corrected chi connectivity index (χ4v) is 3.73. The van der Waals surface area contributed by atoms with E-state index in [9.17, 15) is 4.79 Å². The van der Waals surface area contributed by atoms with E-state index in [0.29, 0.717) is 24.0 Å². The molecule has 6 nitrogen and oxygen atoms in total. The van der Waals surface area contributed by atoms with E-state index in [1.54, 1.807) is 23.2 Å². The van der Waals surface area contributed by atoms with E-state index in [-0.39, 0.29) is 0 Å². The van der Waals surface area contributed by atoms with E-state index in [1.165, 1.54) is 19.3 Å². The van der Waals surface area contributed by atoms with Gasteiger partial charge in [-0.05, 0) is 43.4 Å². The molecule has 2 atom stereocenters. The van der Waals surface area contributed by atoms with Crippen LogP contribution in [0.1, 0.15) is 39.5 Å². The van der Waals surface area contributed by atoms with E-state index in [2.05, 4.69) is 29.0 Å². The number of hydrogen-bond acceptors (Lipinski definition) is 5. The molecule has 1 aliphatic carbocycles. The summed E-state index contributed by atoms with van der Waals surface area (Å²) in [4.78, 5) is 20.1. The molecule has 0 aromatic carbocycles. The van der Waals surface area contributed by atoms with Crippen LogP contribution in [0.15, 0.2) is 27.9 Å². The first-order valence-corrected chi connectivity index (χ1v) is 7.96. The fraction of sp³-hybridized carbons (Fsp3) is 0.625. The lowest BCUT2D eigenvalue weighted by Gasteiger charge is -2.31. The van der Waals surface area contributed by atoms with Crippen molar-refractivity contribution in [3.05, 3.63) is 29.1 Å². The summed E-state index contributed by atoms with van der Waals surface area (Å²) in [7, 11) is 0. The predicted molar refractivity (Wildman–Crippen MR) is 82.1 cm³/mol. The molecule has 0 saturated heterocycles. The Morgan fingerprint density at radius 1 is 1.23 bits per heavy atom. The second-order valence-corrected chi connectivity index (χ2v) is 6.59. The van der Waals surface area contributed by atoms with Gasteiger partial charge in [-0.15, -0.1) is 0 Å². The van der Waals surface area contributed by atoms with Gasteiger partial charge in [-0.2, -0.15) is 0 Å². The largest absolute Gasteiger partial charge is 0.441 e. The first kappa shape index (κ1) is 14.9. The third kappa shape index (κ3) is 3.26. The minimum atomic E-state index is -0.419. The predicted octanol–water partition coefficient (Wildman–Crippen LogP) is 2.76. The molecule has 2 aromatic heterocycles. The summed E-state index contributed by atoms with van der Waals surface area (Å²) >= 11 is 0. The molecular formula is C16H22N4O2. The van der Waals surface area contributed by atoms with Crippen molar-refractivity contribution in [2.45, 2.75) is 46.1 Å². The number of rotatable bonds is 4. The zero-order valence-corrected chi connectivity index (χ0v) is 13.1. The maximum Gasteiger partial charge on any atom is 0.441 e. The minimum absolute atomic E-state index is 0.419. The van der Waals surface area contributed by atoms with Crippen LogP contribution >= 0.6 is 0 Å². The normalized spacial score (nSPS) is 25.3. The lowest BCUT2D eigenvalue weighted by molar-refractivity contribution is 0.203. The van der Waals surface area contributed by atoms with Crippen molar-refractivity contribution in [1.82, 2.24) is 19.7 Å². The quantitative estimate of drug-likeness (QED) is 0.868. The Bertz CT molecular complexity index is 654. The van der Waals surface area contributed by atoms with Crippen molar-refractivity contribution < 1.29 is 4.52 Å². The molecule has 6 heteroatoms. The second kappa shape index (κ2) is 6.42. The number of nitrogens with zero attached hydrogens (tertiary/aromatic N) is 4. The second-order valence-electron chi connectivity index (χ2n) is 6.59. The summed E-state index contributed by atoms with van der Waals surface area (Å²) in [5.74, 6) is 2.25. The Kier molecular flexibility index (Phi) is 4.36. The highest BCUT2D eigenvalue weighted by molar-refractivity contribution is 5.46. The maximum absolute atomic E-state index is 11.9. The third-order valence-corrected chi connectivity index (χ3v) is 4.52. The summed E-state index contributed by atoms with van der Waals surface area (Å²) < 4.78 is 6.40. The molecule has 2 aromatic rings. The van der Waals surface area contributed by atoms with Crippen LogP contribution in [0.5, 0.6) is 0 Å². The Morgan fingerprint density at radius 3 is 2.68 bits per heavy atom. The van der Waals surface area contributed by atoms with Gasteiger partial charge in [0, 0.05) is 18.9 Å². The van der Waals surface area contributed by atoms with Gasteiger partial charge in [-0.25, -0.2) is 9.78 Å². The van der Waals surface area contributed by atoms with Crippen LogP contribution < -0.4 is 5.76 Å². The standard InChI is InChI=1S/C16H22N4O2/c1-11-7-12(2)9-13(8-11)3-6-20-15(19-22-16(20)21)14-10-17-4-5-18-14/h4-5,10-13H,3,6-9H2,1-2H3/t11-,12-/m0/s1. The summed E-state index contributed by atoms with van der Waals surface area (Å²) in [6.07, 6.45) is 9.55. The molecule has 0 bridgehead atoms. The van der Waals surface area contributed by atoms with Gasteiger partial charge in [0.25, 0.3) is 0 Å². The first-order valence-electron chi connectivity index (χ1n) is 7.96. The molecule has 118 valence electrons. The smallest absolute Gasteiger partial charge is 0.295 e. The summed E-state index contributed by atoms with van der Waals surface area (Å²) in [5.41, 5.74) is 0.568. The van der Waals surface area contributed by atoms with Crippen LogP contribution in [0, 0.1) is 17.8 Å². The van der Waals surface area contributed by atoms with Gasteiger partial charge < -0.3 is 0 Å². The van der Waals surface area contributed by atoms with Crippen molar-refractivity contribution in [1.29, 1.82) is 0 Å². The van der Waals surface area contributed by atoms with Gasteiger partial charge in [0.1, 0.15) is 5.69 Å². The Labute approximate surface area is 129 Å². The average molecular weight is 302 g/mol. The van der Waals surface area contributed by atoms with E-state index in [1.807, 2.05) is 0 Å². The van der Waals surface area contributed by atoms with Gasteiger partial charge in [-0.3, -0.25) is 14.1 Å². The third-order valence-electron chi connectivity index (χ3n) is 4.52. The molecule has 0 spiro atoms. The number of aromatic nitrogens is 4. The van der Waals surface area contributed by atoms with Gasteiger partial charge in [-0.1, -0.05) is 19.0 Å². The van der Waals surface area contributed by atoms with Crippen molar-refractivity contribution >= 4 is 0 Å². The van der Waals surface area contributed by atoms with Crippen LogP contribution in [0.3, 0.4) is 0 Å². The van der Waals surface area contributed by atoms with E-state index in [4.69, 9.17) is 4.52 Å². The van der Waals surface area contributed by atoms with Crippen molar-refractivity contribution in [3.63, 3.8) is 0 Å². The highest BCUT2D eigenvalue weighted by Crippen LogP contribution is 2.34. The molecule has 1 saturated carbocycles. The van der Waals surface area contributed by atoms with Gasteiger partial charge >= 0.3 is 5.76 Å². The molecule has 3 rings (SSSR count). The molecule has 0 unspecified atom stereocenters. The fourth-order valence-electron chi connectivity index (χ4n) is 3.73. The zero-order valence-electron chi connectivity index (χ0n) is 13.1. The lowest BCUT2D eigenvalue weighted by atomic mass is 9.75. The number of hydrogen-bond donors (Lipinski definition) is 0. The molecule has 0 amide bonds. The zero-order chi connectivity index (χ0) is 15.5. The summed E-state index contributed by atoms with van der Waals surface area (Å²) in [6.45, 7) is 5.26. The molecule has 0 radical (unpaired) electrons. The van der Waals surface area contributed by atoms with Crippen molar-refractivity contribution in [2.75, 3.05) is 0 Å². The van der Waals surface area contributed by atoms with Crippen LogP contribution in [-0.4, -0.2) is 19.7 Å². The van der Waals surface area contributed by atoms with E-state index < -0.39 is 5.76 Å². The topological polar surface area (TPSA) is 73.8 Å². The average Bonchev–Trinajstić information content (AvgIpc) is 2.86.